The standard InChI is InChI=1S/C24H26N2O6S/c1-15-6-9-19(10-7-15)33(29,30)23-16(2)12-17(3)26(24(23)28)14-22(27)25-18-8-11-20(31-4)21(13-18)32-5/h6-13H,14H2,1-5H3,(H,25,27). The molecule has 0 aliphatic rings. The van der Waals surface area contributed by atoms with Crippen molar-refractivity contribution in [1.82, 2.24) is 4.57 Å². The number of anilines is 1. The largest absolute Gasteiger partial charge is 0.493 e. The van der Waals surface area contributed by atoms with Crippen LogP contribution in [0.5, 0.6) is 11.5 Å². The maximum Gasteiger partial charge on any atom is 0.270 e. The molecule has 3 rings (SSSR count). The van der Waals surface area contributed by atoms with Gasteiger partial charge in [-0.05, 0) is 56.7 Å². The van der Waals surface area contributed by atoms with Gasteiger partial charge in [0.1, 0.15) is 11.4 Å². The van der Waals surface area contributed by atoms with E-state index in [2.05, 4.69) is 5.32 Å². The molecule has 0 bridgehead atoms. The number of sulfone groups is 1. The molecular weight excluding hydrogens is 444 g/mol. The van der Waals surface area contributed by atoms with Crippen molar-refractivity contribution < 1.29 is 22.7 Å². The van der Waals surface area contributed by atoms with Gasteiger partial charge in [-0.1, -0.05) is 17.7 Å². The van der Waals surface area contributed by atoms with Crippen molar-refractivity contribution in [3.63, 3.8) is 0 Å². The van der Waals surface area contributed by atoms with Gasteiger partial charge >= 0.3 is 0 Å². The average Bonchev–Trinajstić information content (AvgIpc) is 2.76. The Balaban J connectivity index is 1.96. The fraction of sp³-hybridized carbons (Fsp3) is 0.250. The lowest BCUT2D eigenvalue weighted by Gasteiger charge is -2.15. The molecule has 1 aromatic heterocycles. The Morgan fingerprint density at radius 3 is 2.18 bits per heavy atom. The van der Waals surface area contributed by atoms with Crippen LogP contribution in [0.4, 0.5) is 5.69 Å². The Kier molecular flexibility index (Phi) is 6.92. The zero-order valence-corrected chi connectivity index (χ0v) is 19.9. The molecular formula is C24H26N2O6S. The van der Waals surface area contributed by atoms with E-state index < -0.39 is 21.3 Å². The van der Waals surface area contributed by atoms with E-state index in [9.17, 15) is 18.0 Å². The number of hydrogen-bond donors (Lipinski definition) is 1. The van der Waals surface area contributed by atoms with E-state index in [-0.39, 0.29) is 16.3 Å². The van der Waals surface area contributed by atoms with Crippen LogP contribution in [0.15, 0.2) is 63.1 Å². The first-order chi connectivity index (χ1) is 15.6. The Bertz CT molecular complexity index is 1360. The van der Waals surface area contributed by atoms with Gasteiger partial charge in [0.05, 0.1) is 19.1 Å². The van der Waals surface area contributed by atoms with Crippen LogP contribution in [0.3, 0.4) is 0 Å². The van der Waals surface area contributed by atoms with Gasteiger partial charge in [0.25, 0.3) is 5.56 Å². The van der Waals surface area contributed by atoms with Crippen molar-refractivity contribution in [3.05, 3.63) is 75.7 Å². The smallest absolute Gasteiger partial charge is 0.270 e. The predicted molar refractivity (Wildman–Crippen MR) is 125 cm³/mol. The summed E-state index contributed by atoms with van der Waals surface area (Å²) in [5, 5.41) is 2.70. The number of hydrogen-bond acceptors (Lipinski definition) is 6. The Hall–Kier alpha value is -3.59. The second-order valence-electron chi connectivity index (χ2n) is 7.62. The highest BCUT2D eigenvalue weighted by Gasteiger charge is 2.26. The number of carbonyl (C=O) groups is 1. The number of benzene rings is 2. The van der Waals surface area contributed by atoms with Gasteiger partial charge < -0.3 is 19.4 Å². The van der Waals surface area contributed by atoms with E-state index in [0.717, 1.165) is 10.1 Å². The summed E-state index contributed by atoms with van der Waals surface area (Å²) in [6, 6.07) is 12.7. The van der Waals surface area contributed by atoms with E-state index in [1.54, 1.807) is 50.2 Å². The molecule has 0 radical (unpaired) electrons. The lowest BCUT2D eigenvalue weighted by atomic mass is 10.2. The molecule has 9 heteroatoms. The lowest BCUT2D eigenvalue weighted by Crippen LogP contribution is -2.33. The highest BCUT2D eigenvalue weighted by atomic mass is 32.2. The van der Waals surface area contributed by atoms with Crippen molar-refractivity contribution >= 4 is 21.4 Å². The van der Waals surface area contributed by atoms with Crippen molar-refractivity contribution in [1.29, 1.82) is 0 Å². The minimum Gasteiger partial charge on any atom is -0.493 e. The molecule has 1 amide bonds. The summed E-state index contributed by atoms with van der Waals surface area (Å²) in [4.78, 5) is 25.6. The fourth-order valence-electron chi connectivity index (χ4n) is 3.52. The van der Waals surface area contributed by atoms with E-state index in [1.165, 1.54) is 26.4 Å². The Morgan fingerprint density at radius 1 is 0.939 bits per heavy atom. The summed E-state index contributed by atoms with van der Waals surface area (Å²) in [7, 11) is -1.08. The van der Waals surface area contributed by atoms with Gasteiger partial charge in [-0.2, -0.15) is 0 Å². The van der Waals surface area contributed by atoms with Crippen LogP contribution in [-0.4, -0.2) is 33.1 Å². The summed E-state index contributed by atoms with van der Waals surface area (Å²) in [5.74, 6) is 0.451. The highest BCUT2D eigenvalue weighted by Crippen LogP contribution is 2.29. The second-order valence-corrected chi connectivity index (χ2v) is 9.51. The van der Waals surface area contributed by atoms with E-state index >= 15 is 0 Å². The first kappa shape index (κ1) is 24.1. The number of rotatable bonds is 7. The molecule has 0 saturated heterocycles. The molecule has 0 spiro atoms. The number of aromatic nitrogens is 1. The van der Waals surface area contributed by atoms with Crippen molar-refractivity contribution in [2.24, 2.45) is 0 Å². The summed E-state index contributed by atoms with van der Waals surface area (Å²) in [5.41, 5.74) is 1.41. The normalized spacial score (nSPS) is 11.2. The van der Waals surface area contributed by atoms with Gasteiger partial charge in [-0.3, -0.25) is 9.59 Å². The third-order valence-electron chi connectivity index (χ3n) is 5.22. The molecule has 8 nitrogen and oxygen atoms in total. The number of methoxy groups -OCH3 is 2. The molecule has 0 aliphatic heterocycles. The average molecular weight is 471 g/mol. The highest BCUT2D eigenvalue weighted by molar-refractivity contribution is 7.91. The number of amides is 1. The zero-order valence-electron chi connectivity index (χ0n) is 19.1. The van der Waals surface area contributed by atoms with Crippen molar-refractivity contribution in [2.45, 2.75) is 37.1 Å². The Morgan fingerprint density at radius 2 is 1.58 bits per heavy atom. The van der Waals surface area contributed by atoms with Gasteiger partial charge in [-0.15, -0.1) is 0 Å². The first-order valence-electron chi connectivity index (χ1n) is 10.1. The maximum atomic E-state index is 13.2. The summed E-state index contributed by atoms with van der Waals surface area (Å²) in [6.45, 7) is 4.72. The number of pyridine rings is 1. The minimum absolute atomic E-state index is 0.0264. The zero-order chi connectivity index (χ0) is 24.3. The van der Waals surface area contributed by atoms with E-state index in [1.807, 2.05) is 6.92 Å². The fourth-order valence-corrected chi connectivity index (χ4v) is 5.08. The number of aryl methyl sites for hydroxylation is 3. The van der Waals surface area contributed by atoms with Crippen LogP contribution in [-0.2, 0) is 21.2 Å². The van der Waals surface area contributed by atoms with Gasteiger partial charge in [0, 0.05) is 17.4 Å². The van der Waals surface area contributed by atoms with Crippen LogP contribution in [0.25, 0.3) is 0 Å². The van der Waals surface area contributed by atoms with Gasteiger partial charge in [-0.25, -0.2) is 8.42 Å². The van der Waals surface area contributed by atoms with Crippen LogP contribution in [0.1, 0.15) is 16.8 Å². The molecule has 0 fully saturated rings. The molecule has 0 atom stereocenters. The molecule has 0 unspecified atom stereocenters. The van der Waals surface area contributed by atoms with Crippen LogP contribution >= 0.6 is 0 Å². The van der Waals surface area contributed by atoms with Crippen molar-refractivity contribution in [3.8, 4) is 11.5 Å². The van der Waals surface area contributed by atoms with Crippen LogP contribution < -0.4 is 20.3 Å². The minimum atomic E-state index is -4.06. The monoisotopic (exact) mass is 470 g/mol. The molecule has 2 aromatic carbocycles. The van der Waals surface area contributed by atoms with Crippen LogP contribution in [0, 0.1) is 20.8 Å². The van der Waals surface area contributed by atoms with Gasteiger partial charge in [0.2, 0.25) is 15.7 Å². The van der Waals surface area contributed by atoms with E-state index in [0.29, 0.717) is 28.4 Å². The van der Waals surface area contributed by atoms with Gasteiger partial charge in [0.15, 0.2) is 11.5 Å². The molecule has 1 N–H and O–H groups in total. The number of nitrogens with zero attached hydrogens (tertiary/aromatic N) is 1. The summed E-state index contributed by atoms with van der Waals surface area (Å²) >= 11 is 0. The van der Waals surface area contributed by atoms with Crippen molar-refractivity contribution in [2.75, 3.05) is 19.5 Å². The Labute approximate surface area is 192 Å². The number of ether oxygens (including phenoxy) is 2. The number of nitrogens with one attached hydrogen (secondary N) is 1. The topological polar surface area (TPSA) is 104 Å². The molecule has 0 aliphatic carbocycles. The second kappa shape index (κ2) is 9.50. The first-order valence-corrected chi connectivity index (χ1v) is 11.6. The molecule has 0 saturated carbocycles. The summed E-state index contributed by atoms with van der Waals surface area (Å²) < 4.78 is 38.0. The van der Waals surface area contributed by atoms with E-state index in [4.69, 9.17) is 9.47 Å². The molecule has 3 aromatic rings. The van der Waals surface area contributed by atoms with Crippen LogP contribution in [0.2, 0.25) is 0 Å². The SMILES string of the molecule is COc1ccc(NC(=O)Cn2c(C)cc(C)c(S(=O)(=O)c3ccc(C)cc3)c2=O)cc1OC. The third-order valence-corrected chi connectivity index (χ3v) is 7.14. The maximum absolute atomic E-state index is 13.2. The summed E-state index contributed by atoms with van der Waals surface area (Å²) in [6.07, 6.45) is 0. The molecule has 1 heterocycles. The predicted octanol–water partition coefficient (Wildman–Crippen LogP) is 3.26. The number of carbonyl (C=O) groups excluding carboxylic acids is 1. The lowest BCUT2D eigenvalue weighted by molar-refractivity contribution is -0.116. The molecule has 33 heavy (non-hydrogen) atoms. The third kappa shape index (κ3) is 4.93. The quantitative estimate of drug-likeness (QED) is 0.569. The molecule has 174 valence electrons.